The van der Waals surface area contributed by atoms with E-state index >= 15 is 0 Å². The molecule has 2 fully saturated rings. The van der Waals surface area contributed by atoms with Gasteiger partial charge in [-0.1, -0.05) is 78.9 Å². The van der Waals surface area contributed by atoms with E-state index in [0.717, 1.165) is 27.8 Å². The first-order valence-electron chi connectivity index (χ1n) is 17.1. The number of nitrogens with zero attached hydrogens (tertiary/aromatic N) is 2. The van der Waals surface area contributed by atoms with Crippen molar-refractivity contribution < 1.29 is 33.4 Å². The van der Waals surface area contributed by atoms with Gasteiger partial charge >= 0.3 is 12.2 Å². The van der Waals surface area contributed by atoms with Crippen LogP contribution in [0.15, 0.2) is 78.9 Å². The Morgan fingerprint density at radius 3 is 2.02 bits per heavy atom. The van der Waals surface area contributed by atoms with Crippen molar-refractivity contribution in [1.82, 2.24) is 20.4 Å². The zero-order valence-electron chi connectivity index (χ0n) is 29.3. The third kappa shape index (κ3) is 7.19. The monoisotopic (exact) mass is 682 g/mol. The molecule has 2 heterocycles. The Balaban J connectivity index is 1.17. The Morgan fingerprint density at radius 2 is 1.42 bits per heavy atom. The highest BCUT2D eigenvalue weighted by Crippen LogP contribution is 2.46. The lowest BCUT2D eigenvalue weighted by molar-refractivity contribution is -0.139. The number of rotatable bonds is 9. The van der Waals surface area contributed by atoms with Crippen molar-refractivity contribution in [2.45, 2.75) is 58.0 Å². The van der Waals surface area contributed by atoms with Gasteiger partial charge in [-0.15, -0.1) is 0 Å². The minimum atomic E-state index is -0.987. The van der Waals surface area contributed by atoms with Crippen LogP contribution >= 0.6 is 0 Å². The standard InChI is InChI=1S/C39H46N4O7/c1-25(48-20-26-13-7-6-8-14-26)33(35(45)40-5)41-34(44)32-19-42(22-39(32)23-43(24-39)37(47)50-38(2,3)4)36(46)49-21-31-29-17-11-9-15-27(29)28-16-10-12-18-30(28)31/h6-18,25,31-33H,19-24H2,1-5H3,(H,40,45)(H,41,44)/t25-,32-,33+/m1/s1. The molecule has 11 nitrogen and oxygen atoms in total. The molecule has 3 aromatic carbocycles. The van der Waals surface area contributed by atoms with E-state index in [0.29, 0.717) is 0 Å². The SMILES string of the molecule is CNC(=O)[C@@H](NC(=O)[C@H]1CN(C(=O)OCC2c3ccccc3-c3ccccc32)CC12CN(C(=O)OC(C)(C)C)C2)[C@@H](C)OCc1ccccc1. The molecule has 0 unspecified atom stereocenters. The highest BCUT2D eigenvalue weighted by Gasteiger charge is 2.60. The quantitative estimate of drug-likeness (QED) is 0.328. The summed E-state index contributed by atoms with van der Waals surface area (Å²) in [5, 5.41) is 5.55. The normalized spacial score (nSPS) is 18.8. The fourth-order valence-corrected chi connectivity index (χ4v) is 7.35. The average molecular weight is 683 g/mol. The van der Waals surface area contributed by atoms with Gasteiger partial charge in [-0.3, -0.25) is 9.59 Å². The minimum Gasteiger partial charge on any atom is -0.448 e. The van der Waals surface area contributed by atoms with Crippen molar-refractivity contribution in [1.29, 1.82) is 0 Å². The maximum atomic E-state index is 14.1. The van der Waals surface area contributed by atoms with Gasteiger partial charge < -0.3 is 34.6 Å². The summed E-state index contributed by atoms with van der Waals surface area (Å²) in [6, 6.07) is 24.8. The molecule has 6 rings (SSSR count). The van der Waals surface area contributed by atoms with Gasteiger partial charge in [0.2, 0.25) is 11.8 Å². The highest BCUT2D eigenvalue weighted by atomic mass is 16.6. The molecule has 0 radical (unpaired) electrons. The largest absolute Gasteiger partial charge is 0.448 e. The summed E-state index contributed by atoms with van der Waals surface area (Å²) in [6.45, 7) is 8.27. The molecule has 4 amide bonds. The van der Waals surface area contributed by atoms with E-state index in [1.165, 1.54) is 7.05 Å². The molecule has 2 aliphatic heterocycles. The predicted octanol–water partition coefficient (Wildman–Crippen LogP) is 4.94. The Morgan fingerprint density at radius 1 is 0.840 bits per heavy atom. The molecule has 0 bridgehead atoms. The first kappa shape index (κ1) is 34.9. The molecule has 1 aliphatic carbocycles. The Labute approximate surface area is 293 Å². The van der Waals surface area contributed by atoms with Crippen LogP contribution in [-0.4, -0.2) is 91.4 Å². The predicted molar refractivity (Wildman–Crippen MR) is 187 cm³/mol. The van der Waals surface area contributed by atoms with Gasteiger partial charge in [-0.05, 0) is 55.5 Å². The second kappa shape index (κ2) is 14.1. The van der Waals surface area contributed by atoms with Gasteiger partial charge in [0.25, 0.3) is 0 Å². The van der Waals surface area contributed by atoms with Crippen LogP contribution in [-0.2, 0) is 30.4 Å². The number of amides is 4. The summed E-state index contributed by atoms with van der Waals surface area (Å²) < 4.78 is 17.6. The summed E-state index contributed by atoms with van der Waals surface area (Å²) in [7, 11) is 1.51. The number of carbonyl (C=O) groups is 4. The molecule has 0 saturated carbocycles. The summed E-state index contributed by atoms with van der Waals surface area (Å²) in [5.74, 6) is -1.62. The lowest BCUT2D eigenvalue weighted by Crippen LogP contribution is -2.65. The van der Waals surface area contributed by atoms with E-state index in [1.54, 1.807) is 37.5 Å². The fourth-order valence-electron chi connectivity index (χ4n) is 7.35. The summed E-state index contributed by atoms with van der Waals surface area (Å²) in [5.41, 5.74) is 3.98. The molecule has 11 heteroatoms. The number of likely N-dealkylation sites (N-methyl/N-ethyl adjacent to an activating group) is 1. The van der Waals surface area contributed by atoms with Crippen LogP contribution in [0.2, 0.25) is 0 Å². The number of benzene rings is 3. The number of ether oxygens (including phenoxy) is 3. The maximum Gasteiger partial charge on any atom is 0.410 e. The summed E-state index contributed by atoms with van der Waals surface area (Å²) >= 11 is 0. The van der Waals surface area contributed by atoms with Gasteiger partial charge in [-0.25, -0.2) is 9.59 Å². The molecule has 3 aromatic rings. The van der Waals surface area contributed by atoms with Crippen molar-refractivity contribution >= 4 is 24.0 Å². The van der Waals surface area contributed by atoms with Crippen molar-refractivity contribution in [2.75, 3.05) is 39.8 Å². The first-order chi connectivity index (χ1) is 23.9. The van der Waals surface area contributed by atoms with E-state index < -0.39 is 53.1 Å². The molecular formula is C39H46N4O7. The van der Waals surface area contributed by atoms with Gasteiger partial charge in [0, 0.05) is 44.6 Å². The van der Waals surface area contributed by atoms with E-state index in [2.05, 4.69) is 34.9 Å². The zero-order chi connectivity index (χ0) is 35.6. The molecule has 0 aromatic heterocycles. The first-order valence-corrected chi connectivity index (χ1v) is 17.1. The Hall–Kier alpha value is -4.90. The maximum absolute atomic E-state index is 14.1. The molecule has 1 spiro atoms. The molecular weight excluding hydrogens is 636 g/mol. The lowest BCUT2D eigenvalue weighted by Gasteiger charge is -2.50. The van der Waals surface area contributed by atoms with Crippen LogP contribution in [0.5, 0.6) is 0 Å². The average Bonchev–Trinajstić information content (AvgIpc) is 3.64. The lowest BCUT2D eigenvalue weighted by atomic mass is 9.71. The second-order valence-corrected chi connectivity index (χ2v) is 14.5. The molecule has 3 atom stereocenters. The Bertz CT molecular complexity index is 1690. The van der Waals surface area contributed by atoms with Crippen LogP contribution in [0.1, 0.15) is 50.3 Å². The van der Waals surface area contributed by atoms with Crippen LogP contribution in [0.25, 0.3) is 11.1 Å². The van der Waals surface area contributed by atoms with E-state index in [4.69, 9.17) is 14.2 Å². The van der Waals surface area contributed by atoms with E-state index in [1.807, 2.05) is 54.6 Å². The van der Waals surface area contributed by atoms with Gasteiger partial charge in [-0.2, -0.15) is 0 Å². The summed E-state index contributed by atoms with van der Waals surface area (Å²) in [4.78, 5) is 56.9. The molecule has 3 aliphatic rings. The van der Waals surface area contributed by atoms with E-state index in [9.17, 15) is 19.2 Å². The van der Waals surface area contributed by atoms with Crippen LogP contribution < -0.4 is 10.6 Å². The minimum absolute atomic E-state index is 0.0738. The number of carbonyl (C=O) groups excluding carboxylic acids is 4. The van der Waals surface area contributed by atoms with Crippen molar-refractivity contribution in [3.63, 3.8) is 0 Å². The molecule has 264 valence electrons. The van der Waals surface area contributed by atoms with Crippen molar-refractivity contribution in [3.8, 4) is 11.1 Å². The second-order valence-electron chi connectivity index (χ2n) is 14.5. The number of likely N-dealkylation sites (tertiary alicyclic amines) is 2. The fraction of sp³-hybridized carbons (Fsp3) is 0.436. The number of hydrogen-bond donors (Lipinski definition) is 2. The van der Waals surface area contributed by atoms with Crippen LogP contribution in [0, 0.1) is 11.3 Å². The van der Waals surface area contributed by atoms with Crippen LogP contribution in [0.3, 0.4) is 0 Å². The van der Waals surface area contributed by atoms with Gasteiger partial charge in [0.15, 0.2) is 0 Å². The van der Waals surface area contributed by atoms with Crippen LogP contribution in [0.4, 0.5) is 9.59 Å². The van der Waals surface area contributed by atoms with E-state index in [-0.39, 0.29) is 45.3 Å². The summed E-state index contributed by atoms with van der Waals surface area (Å²) in [6.07, 6.45) is -1.66. The van der Waals surface area contributed by atoms with Gasteiger partial charge in [0.1, 0.15) is 18.2 Å². The number of nitrogens with one attached hydrogen (secondary N) is 2. The zero-order valence-corrected chi connectivity index (χ0v) is 29.3. The number of fused-ring (bicyclic) bond motifs is 3. The van der Waals surface area contributed by atoms with Gasteiger partial charge in [0.05, 0.1) is 18.6 Å². The molecule has 2 N–H and O–H groups in total. The molecule has 2 saturated heterocycles. The van der Waals surface area contributed by atoms with Crippen molar-refractivity contribution in [3.05, 3.63) is 95.6 Å². The Kier molecular flexibility index (Phi) is 9.89. The molecule has 50 heavy (non-hydrogen) atoms. The van der Waals surface area contributed by atoms with Crippen molar-refractivity contribution in [2.24, 2.45) is 11.3 Å². The number of hydrogen-bond acceptors (Lipinski definition) is 7. The topological polar surface area (TPSA) is 127 Å². The highest BCUT2D eigenvalue weighted by molar-refractivity contribution is 5.90. The smallest absolute Gasteiger partial charge is 0.410 e. The third-order valence-electron chi connectivity index (χ3n) is 9.87. The third-order valence-corrected chi connectivity index (χ3v) is 9.87.